The second kappa shape index (κ2) is 7.46. The van der Waals surface area contributed by atoms with Crippen molar-refractivity contribution < 1.29 is 13.9 Å². The van der Waals surface area contributed by atoms with Crippen molar-refractivity contribution in [1.29, 1.82) is 0 Å². The number of nitrogens with one attached hydrogen (secondary N) is 1. The van der Waals surface area contributed by atoms with Crippen molar-refractivity contribution in [3.05, 3.63) is 29.6 Å². The van der Waals surface area contributed by atoms with E-state index in [1.807, 2.05) is 0 Å². The Morgan fingerprint density at radius 1 is 1.26 bits per heavy atom. The molecule has 0 aromatic heterocycles. The standard InChI is InChI=1S/C15H22FNO2/c1-2-7-18-8-9-19-15-6-3-13(16)10-12(15)11-17-14-4-5-14/h3,6,10,14,17H,2,4-5,7-9,11H2,1H3. The van der Waals surface area contributed by atoms with Crippen molar-refractivity contribution >= 4 is 0 Å². The topological polar surface area (TPSA) is 30.5 Å². The molecule has 106 valence electrons. The maximum Gasteiger partial charge on any atom is 0.124 e. The van der Waals surface area contributed by atoms with Crippen LogP contribution in [0.3, 0.4) is 0 Å². The first-order valence-electron chi connectivity index (χ1n) is 7.02. The fourth-order valence-electron chi connectivity index (χ4n) is 1.83. The number of hydrogen-bond acceptors (Lipinski definition) is 3. The molecular formula is C15H22FNO2. The third-order valence-corrected chi connectivity index (χ3v) is 3.01. The maximum atomic E-state index is 13.3. The molecule has 0 aliphatic heterocycles. The quantitative estimate of drug-likeness (QED) is 0.698. The van der Waals surface area contributed by atoms with Gasteiger partial charge in [-0.05, 0) is 37.5 Å². The predicted molar refractivity (Wildman–Crippen MR) is 72.9 cm³/mol. The Morgan fingerprint density at radius 2 is 2.11 bits per heavy atom. The van der Waals surface area contributed by atoms with Crippen LogP contribution in [0.25, 0.3) is 0 Å². The van der Waals surface area contributed by atoms with Gasteiger partial charge >= 0.3 is 0 Å². The summed E-state index contributed by atoms with van der Waals surface area (Å²) in [4.78, 5) is 0. The number of halogens is 1. The molecule has 1 aromatic carbocycles. The van der Waals surface area contributed by atoms with Gasteiger partial charge in [-0.2, -0.15) is 0 Å². The largest absolute Gasteiger partial charge is 0.491 e. The Kier molecular flexibility index (Phi) is 5.61. The van der Waals surface area contributed by atoms with Crippen molar-refractivity contribution in [3.63, 3.8) is 0 Å². The minimum absolute atomic E-state index is 0.220. The Labute approximate surface area is 114 Å². The fraction of sp³-hybridized carbons (Fsp3) is 0.600. The van der Waals surface area contributed by atoms with Crippen LogP contribution < -0.4 is 10.1 Å². The molecule has 0 saturated heterocycles. The summed E-state index contributed by atoms with van der Waals surface area (Å²) in [6.07, 6.45) is 3.44. The van der Waals surface area contributed by atoms with Crippen LogP contribution in [-0.2, 0) is 11.3 Å². The molecule has 19 heavy (non-hydrogen) atoms. The average molecular weight is 267 g/mol. The van der Waals surface area contributed by atoms with Gasteiger partial charge in [0.25, 0.3) is 0 Å². The van der Waals surface area contributed by atoms with Gasteiger partial charge in [-0.1, -0.05) is 6.92 Å². The molecule has 1 aromatic rings. The molecule has 0 heterocycles. The molecule has 1 fully saturated rings. The lowest BCUT2D eigenvalue weighted by molar-refractivity contribution is 0.100. The first-order valence-corrected chi connectivity index (χ1v) is 7.02. The molecule has 0 bridgehead atoms. The molecule has 0 unspecified atom stereocenters. The fourth-order valence-corrected chi connectivity index (χ4v) is 1.83. The highest BCUT2D eigenvalue weighted by atomic mass is 19.1. The van der Waals surface area contributed by atoms with E-state index in [0.717, 1.165) is 24.3 Å². The highest BCUT2D eigenvalue weighted by molar-refractivity contribution is 5.34. The summed E-state index contributed by atoms with van der Waals surface area (Å²) in [5.41, 5.74) is 0.877. The zero-order valence-corrected chi connectivity index (χ0v) is 11.5. The highest BCUT2D eigenvalue weighted by Crippen LogP contribution is 2.23. The second-order valence-electron chi connectivity index (χ2n) is 4.87. The minimum atomic E-state index is -0.220. The molecule has 1 N–H and O–H groups in total. The molecule has 1 saturated carbocycles. The zero-order chi connectivity index (χ0) is 13.5. The number of hydrogen-bond donors (Lipinski definition) is 1. The average Bonchev–Trinajstić information content (AvgIpc) is 3.22. The van der Waals surface area contributed by atoms with Crippen molar-refractivity contribution in [3.8, 4) is 5.75 Å². The number of benzene rings is 1. The van der Waals surface area contributed by atoms with Gasteiger partial charge in [-0.3, -0.25) is 0 Å². The lowest BCUT2D eigenvalue weighted by Crippen LogP contribution is -2.17. The Hall–Kier alpha value is -1.13. The van der Waals surface area contributed by atoms with Crippen molar-refractivity contribution in [2.45, 2.75) is 38.8 Å². The van der Waals surface area contributed by atoms with Crippen LogP contribution >= 0.6 is 0 Å². The zero-order valence-electron chi connectivity index (χ0n) is 11.5. The molecule has 0 spiro atoms. The Bertz CT molecular complexity index is 394. The van der Waals surface area contributed by atoms with Crippen molar-refractivity contribution in [2.75, 3.05) is 19.8 Å². The SMILES string of the molecule is CCCOCCOc1ccc(F)cc1CNC1CC1. The van der Waals surface area contributed by atoms with Gasteiger partial charge in [0.1, 0.15) is 18.2 Å². The summed E-state index contributed by atoms with van der Waals surface area (Å²) < 4.78 is 24.3. The first-order chi connectivity index (χ1) is 9.29. The lowest BCUT2D eigenvalue weighted by atomic mass is 10.2. The van der Waals surface area contributed by atoms with E-state index < -0.39 is 0 Å². The van der Waals surface area contributed by atoms with E-state index >= 15 is 0 Å². The molecule has 0 amide bonds. The minimum Gasteiger partial charge on any atom is -0.491 e. The molecule has 3 nitrogen and oxygen atoms in total. The maximum absolute atomic E-state index is 13.3. The molecule has 0 atom stereocenters. The highest BCUT2D eigenvalue weighted by Gasteiger charge is 2.20. The normalized spacial score (nSPS) is 14.6. The van der Waals surface area contributed by atoms with Crippen LogP contribution in [-0.4, -0.2) is 25.9 Å². The van der Waals surface area contributed by atoms with Gasteiger partial charge < -0.3 is 14.8 Å². The first kappa shape index (κ1) is 14.3. The molecule has 2 rings (SSSR count). The van der Waals surface area contributed by atoms with E-state index in [-0.39, 0.29) is 5.82 Å². The van der Waals surface area contributed by atoms with E-state index in [4.69, 9.17) is 9.47 Å². The van der Waals surface area contributed by atoms with Crippen LogP contribution in [0.1, 0.15) is 31.7 Å². The van der Waals surface area contributed by atoms with Gasteiger partial charge in [0.05, 0.1) is 6.61 Å². The summed E-state index contributed by atoms with van der Waals surface area (Å²) in [6, 6.07) is 5.27. The molecule has 1 aliphatic carbocycles. The predicted octanol–water partition coefficient (Wildman–Crippen LogP) is 2.88. The monoisotopic (exact) mass is 267 g/mol. The second-order valence-corrected chi connectivity index (χ2v) is 4.87. The molecule has 4 heteroatoms. The van der Waals surface area contributed by atoms with Gasteiger partial charge in [0, 0.05) is 24.8 Å². The van der Waals surface area contributed by atoms with E-state index in [1.165, 1.54) is 25.0 Å². The molecule has 1 aliphatic rings. The van der Waals surface area contributed by atoms with Crippen LogP contribution in [0, 0.1) is 5.82 Å². The van der Waals surface area contributed by atoms with Crippen LogP contribution in [0.4, 0.5) is 4.39 Å². The van der Waals surface area contributed by atoms with Crippen molar-refractivity contribution in [1.82, 2.24) is 5.32 Å². The van der Waals surface area contributed by atoms with Gasteiger partial charge in [-0.15, -0.1) is 0 Å². The van der Waals surface area contributed by atoms with E-state index in [1.54, 1.807) is 6.07 Å². The van der Waals surface area contributed by atoms with Gasteiger partial charge in [0.2, 0.25) is 0 Å². The Balaban J connectivity index is 1.82. The summed E-state index contributed by atoms with van der Waals surface area (Å²) in [5.74, 6) is 0.525. The molecular weight excluding hydrogens is 245 g/mol. The number of ether oxygens (including phenoxy) is 2. The smallest absolute Gasteiger partial charge is 0.124 e. The van der Waals surface area contributed by atoms with Crippen molar-refractivity contribution in [2.24, 2.45) is 0 Å². The third-order valence-electron chi connectivity index (χ3n) is 3.01. The van der Waals surface area contributed by atoms with Crippen LogP contribution in [0.2, 0.25) is 0 Å². The lowest BCUT2D eigenvalue weighted by Gasteiger charge is -2.12. The van der Waals surface area contributed by atoms with E-state index in [9.17, 15) is 4.39 Å². The van der Waals surface area contributed by atoms with Crippen LogP contribution in [0.15, 0.2) is 18.2 Å². The van der Waals surface area contributed by atoms with Gasteiger partial charge in [-0.25, -0.2) is 4.39 Å². The summed E-state index contributed by atoms with van der Waals surface area (Å²) in [5, 5.41) is 3.37. The summed E-state index contributed by atoms with van der Waals surface area (Å²) in [7, 11) is 0. The third kappa shape index (κ3) is 5.17. The van der Waals surface area contributed by atoms with E-state index in [2.05, 4.69) is 12.2 Å². The Morgan fingerprint density at radius 3 is 2.84 bits per heavy atom. The summed E-state index contributed by atoms with van der Waals surface area (Å²) >= 11 is 0. The summed E-state index contributed by atoms with van der Waals surface area (Å²) in [6.45, 7) is 4.56. The number of rotatable bonds is 9. The van der Waals surface area contributed by atoms with Gasteiger partial charge in [0.15, 0.2) is 0 Å². The van der Waals surface area contributed by atoms with Crippen LogP contribution in [0.5, 0.6) is 5.75 Å². The van der Waals surface area contributed by atoms with E-state index in [0.29, 0.717) is 25.8 Å². The molecule has 0 radical (unpaired) electrons.